The Balaban J connectivity index is 1.67. The minimum atomic E-state index is 0.627. The van der Waals surface area contributed by atoms with Gasteiger partial charge in [-0.05, 0) is 25.7 Å². The predicted octanol–water partition coefficient (Wildman–Crippen LogP) is 2.61. The maximum atomic E-state index is 5.52. The van der Waals surface area contributed by atoms with E-state index >= 15 is 0 Å². The third kappa shape index (κ3) is 11.6. The van der Waals surface area contributed by atoms with Crippen LogP contribution >= 0.6 is 0 Å². The first-order chi connectivity index (χ1) is 9.83. The molecule has 0 heterocycles. The monoisotopic (exact) mass is 287 g/mol. The van der Waals surface area contributed by atoms with Gasteiger partial charge in [0.05, 0.1) is 33.0 Å². The SMILES string of the molecule is CCCCOCCOCCOCCNC(C)CC1CC1. The Morgan fingerprint density at radius 1 is 0.950 bits per heavy atom. The molecule has 1 rings (SSSR count). The van der Waals surface area contributed by atoms with Gasteiger partial charge in [-0.1, -0.05) is 26.2 Å². The van der Waals surface area contributed by atoms with Crippen LogP contribution in [0.4, 0.5) is 0 Å². The summed E-state index contributed by atoms with van der Waals surface area (Å²) >= 11 is 0. The van der Waals surface area contributed by atoms with Crippen molar-refractivity contribution < 1.29 is 14.2 Å². The molecule has 20 heavy (non-hydrogen) atoms. The van der Waals surface area contributed by atoms with Crippen molar-refractivity contribution in [2.24, 2.45) is 5.92 Å². The number of hydrogen-bond donors (Lipinski definition) is 1. The van der Waals surface area contributed by atoms with Gasteiger partial charge in [-0.2, -0.15) is 0 Å². The van der Waals surface area contributed by atoms with Crippen LogP contribution in [0.1, 0.15) is 46.0 Å². The highest BCUT2D eigenvalue weighted by molar-refractivity contribution is 4.77. The molecule has 120 valence electrons. The molecule has 0 amide bonds. The van der Waals surface area contributed by atoms with Crippen molar-refractivity contribution >= 4 is 0 Å². The van der Waals surface area contributed by atoms with Crippen LogP contribution in [0, 0.1) is 5.92 Å². The van der Waals surface area contributed by atoms with Crippen molar-refractivity contribution in [2.45, 2.75) is 52.0 Å². The molecule has 4 heteroatoms. The third-order valence-corrected chi connectivity index (χ3v) is 3.51. The largest absolute Gasteiger partial charge is 0.379 e. The zero-order valence-corrected chi connectivity index (χ0v) is 13.4. The maximum Gasteiger partial charge on any atom is 0.0701 e. The van der Waals surface area contributed by atoms with E-state index in [4.69, 9.17) is 14.2 Å². The van der Waals surface area contributed by atoms with E-state index < -0.39 is 0 Å². The van der Waals surface area contributed by atoms with Crippen molar-refractivity contribution in [3.8, 4) is 0 Å². The fourth-order valence-corrected chi connectivity index (χ4v) is 2.10. The number of rotatable bonds is 15. The molecule has 0 spiro atoms. The molecule has 4 nitrogen and oxygen atoms in total. The molecule has 1 unspecified atom stereocenters. The second kappa shape index (κ2) is 12.6. The molecule has 1 saturated carbocycles. The Bertz CT molecular complexity index is 210. The van der Waals surface area contributed by atoms with E-state index in [1.807, 2.05) is 0 Å². The highest BCUT2D eigenvalue weighted by Crippen LogP contribution is 2.33. The molecule has 1 fully saturated rings. The minimum Gasteiger partial charge on any atom is -0.379 e. The lowest BCUT2D eigenvalue weighted by molar-refractivity contribution is 0.0144. The van der Waals surface area contributed by atoms with E-state index in [1.54, 1.807) is 0 Å². The van der Waals surface area contributed by atoms with Crippen LogP contribution in [0.15, 0.2) is 0 Å². The van der Waals surface area contributed by atoms with Gasteiger partial charge in [0.25, 0.3) is 0 Å². The van der Waals surface area contributed by atoms with Gasteiger partial charge < -0.3 is 19.5 Å². The highest BCUT2D eigenvalue weighted by Gasteiger charge is 2.22. The van der Waals surface area contributed by atoms with Crippen molar-refractivity contribution in [1.82, 2.24) is 5.32 Å². The lowest BCUT2D eigenvalue weighted by Gasteiger charge is -2.13. The molecular weight excluding hydrogens is 254 g/mol. The van der Waals surface area contributed by atoms with Crippen LogP contribution in [0.25, 0.3) is 0 Å². The quantitative estimate of drug-likeness (QED) is 0.470. The van der Waals surface area contributed by atoms with Gasteiger partial charge in [-0.25, -0.2) is 0 Å². The summed E-state index contributed by atoms with van der Waals surface area (Å²) in [6.07, 6.45) is 6.50. The first-order valence-electron chi connectivity index (χ1n) is 8.29. The van der Waals surface area contributed by atoms with Gasteiger partial charge in [0.15, 0.2) is 0 Å². The number of nitrogens with one attached hydrogen (secondary N) is 1. The topological polar surface area (TPSA) is 39.7 Å². The third-order valence-electron chi connectivity index (χ3n) is 3.51. The Hall–Kier alpha value is -0.160. The summed E-state index contributed by atoms with van der Waals surface area (Å²) in [5.74, 6) is 0.992. The summed E-state index contributed by atoms with van der Waals surface area (Å²) in [6, 6.07) is 0.627. The summed E-state index contributed by atoms with van der Waals surface area (Å²) in [5, 5.41) is 3.50. The summed E-state index contributed by atoms with van der Waals surface area (Å²) in [6.45, 7) is 9.69. The molecular formula is C16H33NO3. The minimum absolute atomic E-state index is 0.627. The van der Waals surface area contributed by atoms with Gasteiger partial charge in [-0.3, -0.25) is 0 Å². The number of hydrogen-bond acceptors (Lipinski definition) is 4. The molecule has 0 saturated heterocycles. The Kier molecular flexibility index (Phi) is 11.2. The average molecular weight is 287 g/mol. The van der Waals surface area contributed by atoms with E-state index in [9.17, 15) is 0 Å². The molecule has 1 aliphatic carbocycles. The van der Waals surface area contributed by atoms with Crippen molar-refractivity contribution in [1.29, 1.82) is 0 Å². The standard InChI is InChI=1S/C16H33NO3/c1-3-4-8-18-10-12-20-13-11-19-9-7-17-15(2)14-16-5-6-16/h15-17H,3-14H2,1-2H3. The molecule has 0 radical (unpaired) electrons. The summed E-state index contributed by atoms with van der Waals surface area (Å²) in [5.41, 5.74) is 0. The van der Waals surface area contributed by atoms with E-state index in [0.29, 0.717) is 32.5 Å². The van der Waals surface area contributed by atoms with Crippen LogP contribution in [-0.2, 0) is 14.2 Å². The fraction of sp³-hybridized carbons (Fsp3) is 1.00. The molecule has 0 aromatic heterocycles. The fourth-order valence-electron chi connectivity index (χ4n) is 2.10. The second-order valence-electron chi connectivity index (χ2n) is 5.72. The smallest absolute Gasteiger partial charge is 0.0701 e. The zero-order chi connectivity index (χ0) is 14.5. The van der Waals surface area contributed by atoms with Gasteiger partial charge >= 0.3 is 0 Å². The molecule has 0 bridgehead atoms. The van der Waals surface area contributed by atoms with E-state index in [2.05, 4.69) is 19.2 Å². The van der Waals surface area contributed by atoms with E-state index in [-0.39, 0.29) is 0 Å². The summed E-state index contributed by atoms with van der Waals surface area (Å²) in [4.78, 5) is 0. The van der Waals surface area contributed by atoms with Crippen molar-refractivity contribution in [2.75, 3.05) is 46.2 Å². The molecule has 1 aliphatic rings. The Morgan fingerprint density at radius 2 is 1.55 bits per heavy atom. The molecule has 1 N–H and O–H groups in total. The van der Waals surface area contributed by atoms with Gasteiger partial charge in [0.2, 0.25) is 0 Å². The summed E-state index contributed by atoms with van der Waals surface area (Å²) in [7, 11) is 0. The molecule has 0 aromatic rings. The van der Waals surface area contributed by atoms with Crippen molar-refractivity contribution in [3.05, 3.63) is 0 Å². The average Bonchev–Trinajstić information content (AvgIpc) is 3.24. The second-order valence-corrected chi connectivity index (χ2v) is 5.72. The van der Waals surface area contributed by atoms with Crippen LogP contribution in [-0.4, -0.2) is 52.2 Å². The summed E-state index contributed by atoms with van der Waals surface area (Å²) < 4.78 is 16.4. The zero-order valence-electron chi connectivity index (χ0n) is 13.4. The number of unbranched alkanes of at least 4 members (excludes halogenated alkanes) is 1. The highest BCUT2D eigenvalue weighted by atomic mass is 16.5. The predicted molar refractivity (Wildman–Crippen MR) is 82.2 cm³/mol. The van der Waals surface area contributed by atoms with Crippen LogP contribution < -0.4 is 5.32 Å². The molecule has 1 atom stereocenters. The molecule has 0 aromatic carbocycles. The van der Waals surface area contributed by atoms with Crippen LogP contribution in [0.2, 0.25) is 0 Å². The van der Waals surface area contributed by atoms with E-state index in [1.165, 1.54) is 25.7 Å². The van der Waals surface area contributed by atoms with Crippen LogP contribution in [0.5, 0.6) is 0 Å². The normalized spacial score (nSPS) is 16.5. The Morgan fingerprint density at radius 3 is 2.15 bits per heavy atom. The van der Waals surface area contributed by atoms with Crippen LogP contribution in [0.3, 0.4) is 0 Å². The van der Waals surface area contributed by atoms with Gasteiger partial charge in [0.1, 0.15) is 0 Å². The van der Waals surface area contributed by atoms with Gasteiger partial charge in [-0.15, -0.1) is 0 Å². The van der Waals surface area contributed by atoms with Gasteiger partial charge in [0, 0.05) is 19.2 Å². The first-order valence-corrected chi connectivity index (χ1v) is 8.29. The molecule has 0 aliphatic heterocycles. The lowest BCUT2D eigenvalue weighted by atomic mass is 10.2. The van der Waals surface area contributed by atoms with Crippen molar-refractivity contribution in [3.63, 3.8) is 0 Å². The first kappa shape index (κ1) is 17.9. The maximum absolute atomic E-state index is 5.52. The lowest BCUT2D eigenvalue weighted by Crippen LogP contribution is -2.30. The van der Waals surface area contributed by atoms with E-state index in [0.717, 1.165) is 32.1 Å². The number of ether oxygens (including phenoxy) is 3. The Labute approximate surface area is 124 Å².